The van der Waals surface area contributed by atoms with Gasteiger partial charge in [0, 0.05) is 12.3 Å². The molecule has 1 atom stereocenters. The average Bonchev–Trinajstić information content (AvgIpc) is 2.97. The summed E-state index contributed by atoms with van der Waals surface area (Å²) in [7, 11) is 0. The molecule has 0 aromatic carbocycles. The molecule has 0 bridgehead atoms. The van der Waals surface area contributed by atoms with Gasteiger partial charge in [0.25, 0.3) is 0 Å². The van der Waals surface area contributed by atoms with Crippen molar-refractivity contribution in [2.75, 3.05) is 6.54 Å². The minimum atomic E-state index is 0.562. The van der Waals surface area contributed by atoms with Crippen molar-refractivity contribution < 1.29 is 0 Å². The predicted octanol–water partition coefficient (Wildman–Crippen LogP) is 1.59. The molecule has 2 aromatic rings. The van der Waals surface area contributed by atoms with E-state index in [1.165, 1.54) is 12.8 Å². The standard InChI is InChI=1S/C11H17N5S/c1-7(6-12)2-5-9-15-16-10(8-3-4-8)13-14-11(16)17-9/h7-8H,2-6,12H2,1H3. The Morgan fingerprint density at radius 3 is 3.00 bits per heavy atom. The minimum absolute atomic E-state index is 0.562. The van der Waals surface area contributed by atoms with Gasteiger partial charge < -0.3 is 5.73 Å². The van der Waals surface area contributed by atoms with Crippen LogP contribution in [0.1, 0.15) is 42.9 Å². The zero-order valence-corrected chi connectivity index (χ0v) is 10.8. The highest BCUT2D eigenvalue weighted by Crippen LogP contribution is 2.39. The fourth-order valence-electron chi connectivity index (χ4n) is 1.86. The molecule has 1 saturated carbocycles. The van der Waals surface area contributed by atoms with Gasteiger partial charge >= 0.3 is 0 Å². The highest BCUT2D eigenvalue weighted by molar-refractivity contribution is 7.16. The maximum atomic E-state index is 5.62. The van der Waals surface area contributed by atoms with Crippen LogP contribution >= 0.6 is 11.3 Å². The van der Waals surface area contributed by atoms with E-state index < -0.39 is 0 Å². The van der Waals surface area contributed by atoms with Gasteiger partial charge in [-0.15, -0.1) is 10.2 Å². The lowest BCUT2D eigenvalue weighted by Crippen LogP contribution is -2.11. The number of nitrogens with zero attached hydrogens (tertiary/aromatic N) is 4. The molecule has 2 heterocycles. The number of fused-ring (bicyclic) bond motifs is 1. The van der Waals surface area contributed by atoms with Crippen LogP contribution in [0.15, 0.2) is 0 Å². The Balaban J connectivity index is 1.77. The van der Waals surface area contributed by atoms with Gasteiger partial charge in [0.05, 0.1) is 0 Å². The number of nitrogens with two attached hydrogens (primary N) is 1. The van der Waals surface area contributed by atoms with E-state index in [0.717, 1.165) is 35.2 Å². The molecule has 0 radical (unpaired) electrons. The van der Waals surface area contributed by atoms with E-state index >= 15 is 0 Å². The van der Waals surface area contributed by atoms with Gasteiger partial charge in [-0.05, 0) is 31.7 Å². The zero-order chi connectivity index (χ0) is 11.8. The van der Waals surface area contributed by atoms with Gasteiger partial charge in [-0.25, -0.2) is 0 Å². The van der Waals surface area contributed by atoms with E-state index in [-0.39, 0.29) is 0 Å². The zero-order valence-electron chi connectivity index (χ0n) is 9.96. The molecule has 5 nitrogen and oxygen atoms in total. The summed E-state index contributed by atoms with van der Waals surface area (Å²) in [6, 6.07) is 0. The van der Waals surface area contributed by atoms with Crippen molar-refractivity contribution in [2.24, 2.45) is 11.7 Å². The number of aryl methyl sites for hydroxylation is 1. The molecule has 0 spiro atoms. The first kappa shape index (κ1) is 11.1. The van der Waals surface area contributed by atoms with Gasteiger partial charge in [-0.1, -0.05) is 18.3 Å². The van der Waals surface area contributed by atoms with Gasteiger partial charge in [0.2, 0.25) is 4.96 Å². The van der Waals surface area contributed by atoms with Crippen molar-refractivity contribution in [1.82, 2.24) is 19.8 Å². The monoisotopic (exact) mass is 251 g/mol. The molecule has 0 aliphatic heterocycles. The van der Waals surface area contributed by atoms with Crippen LogP contribution in [0.25, 0.3) is 4.96 Å². The number of rotatable bonds is 5. The molecule has 1 aliphatic carbocycles. The summed E-state index contributed by atoms with van der Waals surface area (Å²) in [5.41, 5.74) is 5.62. The topological polar surface area (TPSA) is 69.1 Å². The quantitative estimate of drug-likeness (QED) is 0.876. The van der Waals surface area contributed by atoms with Crippen LogP contribution in [0.5, 0.6) is 0 Å². The van der Waals surface area contributed by atoms with Crippen LogP contribution in [0.3, 0.4) is 0 Å². The lowest BCUT2D eigenvalue weighted by molar-refractivity contribution is 0.541. The third kappa shape index (κ3) is 2.19. The van der Waals surface area contributed by atoms with Crippen LogP contribution in [0.4, 0.5) is 0 Å². The van der Waals surface area contributed by atoms with Crippen molar-refractivity contribution in [2.45, 2.75) is 38.5 Å². The van der Waals surface area contributed by atoms with Gasteiger partial charge in [0.1, 0.15) is 5.01 Å². The van der Waals surface area contributed by atoms with Crippen molar-refractivity contribution in [3.63, 3.8) is 0 Å². The summed E-state index contributed by atoms with van der Waals surface area (Å²) in [6.07, 6.45) is 4.56. The lowest BCUT2D eigenvalue weighted by Gasteiger charge is -2.04. The second-order valence-corrected chi connectivity index (χ2v) is 5.94. The average molecular weight is 251 g/mol. The van der Waals surface area contributed by atoms with E-state index in [1.54, 1.807) is 11.3 Å². The Morgan fingerprint density at radius 2 is 2.29 bits per heavy atom. The molecule has 0 saturated heterocycles. The highest BCUT2D eigenvalue weighted by atomic mass is 32.1. The summed E-state index contributed by atoms with van der Waals surface area (Å²) in [5.74, 6) is 2.21. The van der Waals surface area contributed by atoms with Crippen molar-refractivity contribution in [3.8, 4) is 0 Å². The lowest BCUT2D eigenvalue weighted by atomic mass is 10.1. The molecular formula is C11H17N5S. The Morgan fingerprint density at radius 1 is 1.47 bits per heavy atom. The van der Waals surface area contributed by atoms with Crippen molar-refractivity contribution in [3.05, 3.63) is 10.8 Å². The van der Waals surface area contributed by atoms with Crippen molar-refractivity contribution >= 4 is 16.3 Å². The summed E-state index contributed by atoms with van der Waals surface area (Å²) >= 11 is 1.65. The second-order valence-electron chi connectivity index (χ2n) is 4.90. The Kier molecular flexibility index (Phi) is 2.84. The molecule has 92 valence electrons. The summed E-state index contributed by atoms with van der Waals surface area (Å²) in [5, 5.41) is 14.2. The first-order valence-corrected chi connectivity index (χ1v) is 7.00. The maximum Gasteiger partial charge on any atom is 0.234 e. The fraction of sp³-hybridized carbons (Fsp3) is 0.727. The Hall–Kier alpha value is -1.01. The van der Waals surface area contributed by atoms with E-state index in [4.69, 9.17) is 5.73 Å². The fourth-order valence-corrected chi connectivity index (χ4v) is 2.71. The smallest absolute Gasteiger partial charge is 0.234 e. The highest BCUT2D eigenvalue weighted by Gasteiger charge is 2.29. The van der Waals surface area contributed by atoms with Crippen LogP contribution in [0.2, 0.25) is 0 Å². The molecule has 17 heavy (non-hydrogen) atoms. The summed E-state index contributed by atoms with van der Waals surface area (Å²) in [4.78, 5) is 0.933. The van der Waals surface area contributed by atoms with Gasteiger partial charge in [0.15, 0.2) is 5.82 Å². The molecule has 6 heteroatoms. The molecule has 3 rings (SSSR count). The molecular weight excluding hydrogens is 234 g/mol. The van der Waals surface area contributed by atoms with E-state index in [0.29, 0.717) is 11.8 Å². The Labute approximate surface area is 104 Å². The van der Waals surface area contributed by atoms with E-state index in [2.05, 4.69) is 22.2 Å². The van der Waals surface area contributed by atoms with Gasteiger partial charge in [-0.3, -0.25) is 0 Å². The SMILES string of the molecule is CC(CN)CCc1nn2c(C3CC3)nnc2s1. The molecule has 0 amide bonds. The second kappa shape index (κ2) is 4.34. The van der Waals surface area contributed by atoms with E-state index in [9.17, 15) is 0 Å². The predicted molar refractivity (Wildman–Crippen MR) is 67.2 cm³/mol. The Bertz CT molecular complexity index is 513. The maximum absolute atomic E-state index is 5.62. The number of aromatic nitrogens is 4. The number of hydrogen-bond donors (Lipinski definition) is 1. The summed E-state index contributed by atoms with van der Waals surface area (Å²) < 4.78 is 1.94. The minimum Gasteiger partial charge on any atom is -0.330 e. The first-order valence-electron chi connectivity index (χ1n) is 6.19. The largest absolute Gasteiger partial charge is 0.330 e. The summed E-state index contributed by atoms with van der Waals surface area (Å²) in [6.45, 7) is 2.92. The third-order valence-corrected chi connectivity index (χ3v) is 4.21. The molecule has 1 unspecified atom stereocenters. The van der Waals surface area contributed by atoms with Crippen LogP contribution < -0.4 is 5.73 Å². The molecule has 1 aliphatic rings. The van der Waals surface area contributed by atoms with E-state index in [1.807, 2.05) is 4.52 Å². The van der Waals surface area contributed by atoms with Gasteiger partial charge in [-0.2, -0.15) is 9.61 Å². The molecule has 2 N–H and O–H groups in total. The van der Waals surface area contributed by atoms with Crippen LogP contribution in [-0.4, -0.2) is 26.4 Å². The third-order valence-electron chi connectivity index (χ3n) is 3.25. The number of hydrogen-bond acceptors (Lipinski definition) is 5. The molecule has 1 fully saturated rings. The first-order chi connectivity index (χ1) is 8.28. The normalized spacial score (nSPS) is 17.8. The van der Waals surface area contributed by atoms with Crippen molar-refractivity contribution in [1.29, 1.82) is 0 Å². The van der Waals surface area contributed by atoms with Crippen LogP contribution in [-0.2, 0) is 6.42 Å². The van der Waals surface area contributed by atoms with Crippen LogP contribution in [0, 0.1) is 5.92 Å². The molecule has 2 aromatic heterocycles.